The van der Waals surface area contributed by atoms with Gasteiger partial charge in [-0.25, -0.2) is 8.42 Å². The molecule has 0 radical (unpaired) electrons. The Hall–Kier alpha value is -1.68. The maximum absolute atomic E-state index is 12.5. The average molecular weight is 365 g/mol. The van der Waals surface area contributed by atoms with Gasteiger partial charge in [0, 0.05) is 18.1 Å². The van der Waals surface area contributed by atoms with Crippen LogP contribution in [0, 0.1) is 11.3 Å². The summed E-state index contributed by atoms with van der Waals surface area (Å²) < 4.78 is 27.1. The molecule has 21 heavy (non-hydrogen) atoms. The molecule has 0 unspecified atom stereocenters. The van der Waals surface area contributed by atoms with Crippen LogP contribution in [0.2, 0.25) is 0 Å². The zero-order valence-electron chi connectivity index (χ0n) is 11.3. The first-order valence-corrected chi connectivity index (χ1v) is 8.38. The molecule has 0 atom stereocenters. The van der Waals surface area contributed by atoms with E-state index in [2.05, 4.69) is 15.9 Å². The quantitative estimate of drug-likeness (QED) is 0.836. The van der Waals surface area contributed by atoms with Gasteiger partial charge in [0.1, 0.15) is 0 Å². The summed E-state index contributed by atoms with van der Waals surface area (Å²) in [6, 6.07) is 15.3. The molecule has 0 saturated heterocycles. The molecule has 108 valence electrons. The summed E-state index contributed by atoms with van der Waals surface area (Å²) in [5.74, 6) is 0. The van der Waals surface area contributed by atoms with Crippen LogP contribution in [0.1, 0.15) is 11.1 Å². The Morgan fingerprint density at radius 2 is 1.76 bits per heavy atom. The zero-order valence-corrected chi connectivity index (χ0v) is 13.7. The molecule has 0 aliphatic rings. The van der Waals surface area contributed by atoms with E-state index in [4.69, 9.17) is 5.26 Å². The molecular weight excluding hydrogens is 352 g/mol. The summed E-state index contributed by atoms with van der Waals surface area (Å²) in [6.07, 6.45) is 0. The summed E-state index contributed by atoms with van der Waals surface area (Å²) in [4.78, 5) is 0.177. The van der Waals surface area contributed by atoms with E-state index in [0.717, 1.165) is 10.0 Å². The standard InChI is InChI=1S/C15H13BrN2O2S/c1-18(11-13-4-2-3-5-15(13)16)21(19,20)14-8-6-12(10-17)7-9-14/h2-9H,11H2,1H3. The Kier molecular flexibility index (Phi) is 4.78. The molecule has 6 heteroatoms. The van der Waals surface area contributed by atoms with E-state index in [-0.39, 0.29) is 11.4 Å². The molecule has 4 nitrogen and oxygen atoms in total. The highest BCUT2D eigenvalue weighted by atomic mass is 79.9. The van der Waals surface area contributed by atoms with Gasteiger partial charge in [-0.3, -0.25) is 0 Å². The lowest BCUT2D eigenvalue weighted by molar-refractivity contribution is 0.466. The third-order valence-corrected chi connectivity index (χ3v) is 5.63. The normalized spacial score (nSPS) is 11.3. The Bertz CT molecular complexity index is 780. The number of halogens is 1. The molecule has 0 bridgehead atoms. The van der Waals surface area contributed by atoms with Crippen LogP contribution in [-0.2, 0) is 16.6 Å². The number of hydrogen-bond donors (Lipinski definition) is 0. The van der Waals surface area contributed by atoms with E-state index in [1.54, 1.807) is 0 Å². The van der Waals surface area contributed by atoms with Crippen molar-refractivity contribution in [3.8, 4) is 6.07 Å². The van der Waals surface area contributed by atoms with Gasteiger partial charge in [0.15, 0.2) is 0 Å². The molecular formula is C15H13BrN2O2S. The molecule has 0 N–H and O–H groups in total. The van der Waals surface area contributed by atoms with E-state index in [9.17, 15) is 8.42 Å². The van der Waals surface area contributed by atoms with E-state index in [1.807, 2.05) is 30.3 Å². The lowest BCUT2D eigenvalue weighted by Crippen LogP contribution is -2.26. The zero-order chi connectivity index (χ0) is 15.5. The molecule has 0 amide bonds. The van der Waals surface area contributed by atoms with Crippen molar-refractivity contribution in [3.63, 3.8) is 0 Å². The largest absolute Gasteiger partial charge is 0.243 e. The van der Waals surface area contributed by atoms with Crippen molar-refractivity contribution in [3.05, 3.63) is 64.1 Å². The van der Waals surface area contributed by atoms with Gasteiger partial charge in [-0.05, 0) is 35.9 Å². The molecule has 2 rings (SSSR count). The summed E-state index contributed by atoms with van der Waals surface area (Å²) in [5.41, 5.74) is 1.32. The maximum atomic E-state index is 12.5. The Labute approximate surface area is 132 Å². The summed E-state index contributed by atoms with van der Waals surface area (Å²) in [5, 5.41) is 8.75. The second kappa shape index (κ2) is 6.39. The van der Waals surface area contributed by atoms with E-state index in [1.165, 1.54) is 35.6 Å². The Morgan fingerprint density at radius 1 is 1.14 bits per heavy atom. The molecule has 2 aromatic rings. The van der Waals surface area contributed by atoms with Gasteiger partial charge in [0.05, 0.1) is 16.5 Å². The van der Waals surface area contributed by atoms with E-state index < -0.39 is 10.0 Å². The van der Waals surface area contributed by atoms with Crippen molar-refractivity contribution >= 4 is 26.0 Å². The van der Waals surface area contributed by atoms with Crippen LogP contribution in [0.15, 0.2) is 57.9 Å². The highest BCUT2D eigenvalue weighted by Gasteiger charge is 2.21. The van der Waals surface area contributed by atoms with Crippen LogP contribution in [0.3, 0.4) is 0 Å². The third kappa shape index (κ3) is 3.50. The Morgan fingerprint density at radius 3 is 2.33 bits per heavy atom. The number of nitrogens with zero attached hydrogens (tertiary/aromatic N) is 2. The Balaban J connectivity index is 2.26. The predicted molar refractivity (Wildman–Crippen MR) is 84.0 cm³/mol. The summed E-state index contributed by atoms with van der Waals surface area (Å²) >= 11 is 3.41. The van der Waals surface area contributed by atoms with Crippen LogP contribution in [0.5, 0.6) is 0 Å². The second-order valence-electron chi connectivity index (χ2n) is 4.49. The third-order valence-electron chi connectivity index (χ3n) is 3.04. The van der Waals surface area contributed by atoms with Gasteiger partial charge in [-0.1, -0.05) is 34.1 Å². The SMILES string of the molecule is CN(Cc1ccccc1Br)S(=O)(=O)c1ccc(C#N)cc1. The smallest absolute Gasteiger partial charge is 0.207 e. The van der Waals surface area contributed by atoms with Crippen LogP contribution in [0.4, 0.5) is 0 Å². The van der Waals surface area contributed by atoms with Crippen molar-refractivity contribution < 1.29 is 8.42 Å². The van der Waals surface area contributed by atoms with Gasteiger partial charge in [0.25, 0.3) is 0 Å². The van der Waals surface area contributed by atoms with Crippen LogP contribution in [0.25, 0.3) is 0 Å². The molecule has 0 aliphatic carbocycles. The minimum atomic E-state index is -3.58. The van der Waals surface area contributed by atoms with Crippen molar-refractivity contribution in [2.75, 3.05) is 7.05 Å². The monoisotopic (exact) mass is 364 g/mol. The van der Waals surface area contributed by atoms with Crippen LogP contribution < -0.4 is 0 Å². The molecule has 0 aliphatic heterocycles. The fraction of sp³-hybridized carbons (Fsp3) is 0.133. The second-order valence-corrected chi connectivity index (χ2v) is 7.39. The number of rotatable bonds is 4. The van der Waals surface area contributed by atoms with Crippen LogP contribution >= 0.6 is 15.9 Å². The van der Waals surface area contributed by atoms with Gasteiger partial charge >= 0.3 is 0 Å². The minimum Gasteiger partial charge on any atom is -0.207 e. The first kappa shape index (κ1) is 15.7. The van der Waals surface area contributed by atoms with Gasteiger partial charge in [0.2, 0.25) is 10.0 Å². The molecule has 0 saturated carbocycles. The molecule has 2 aromatic carbocycles. The topological polar surface area (TPSA) is 61.2 Å². The summed E-state index contributed by atoms with van der Waals surface area (Å²) in [7, 11) is -2.04. The lowest BCUT2D eigenvalue weighted by Gasteiger charge is -2.18. The fourth-order valence-electron chi connectivity index (χ4n) is 1.83. The fourth-order valence-corrected chi connectivity index (χ4v) is 3.39. The first-order valence-electron chi connectivity index (χ1n) is 6.15. The van der Waals surface area contributed by atoms with Crippen molar-refractivity contribution in [2.24, 2.45) is 0 Å². The molecule has 0 spiro atoms. The number of sulfonamides is 1. The highest BCUT2D eigenvalue weighted by Crippen LogP contribution is 2.21. The molecule has 0 heterocycles. The van der Waals surface area contributed by atoms with Gasteiger partial charge in [-0.2, -0.15) is 9.57 Å². The maximum Gasteiger partial charge on any atom is 0.243 e. The van der Waals surface area contributed by atoms with Crippen LogP contribution in [-0.4, -0.2) is 19.8 Å². The van der Waals surface area contributed by atoms with E-state index in [0.29, 0.717) is 5.56 Å². The number of hydrogen-bond acceptors (Lipinski definition) is 3. The average Bonchev–Trinajstić information content (AvgIpc) is 2.49. The van der Waals surface area contributed by atoms with Crippen molar-refractivity contribution in [1.29, 1.82) is 5.26 Å². The van der Waals surface area contributed by atoms with Crippen molar-refractivity contribution in [1.82, 2.24) is 4.31 Å². The predicted octanol–water partition coefficient (Wildman–Crippen LogP) is 3.14. The highest BCUT2D eigenvalue weighted by molar-refractivity contribution is 9.10. The van der Waals surface area contributed by atoms with E-state index >= 15 is 0 Å². The van der Waals surface area contributed by atoms with Gasteiger partial charge < -0.3 is 0 Å². The van der Waals surface area contributed by atoms with Gasteiger partial charge in [-0.15, -0.1) is 0 Å². The number of nitriles is 1. The summed E-state index contributed by atoms with van der Waals surface area (Å²) in [6.45, 7) is 0.268. The first-order chi connectivity index (χ1) is 9.95. The minimum absolute atomic E-state index is 0.177. The number of benzene rings is 2. The lowest BCUT2D eigenvalue weighted by atomic mass is 10.2. The molecule has 0 aromatic heterocycles. The molecule has 0 fully saturated rings. The van der Waals surface area contributed by atoms with Crippen molar-refractivity contribution in [2.45, 2.75) is 11.4 Å².